The van der Waals surface area contributed by atoms with Crippen molar-refractivity contribution in [2.45, 2.75) is 19.9 Å². The molecule has 2 aromatic heterocycles. The second-order valence-electron chi connectivity index (χ2n) is 8.30. The minimum absolute atomic E-state index is 0.00244. The van der Waals surface area contributed by atoms with E-state index in [1.807, 2.05) is 18.7 Å². The van der Waals surface area contributed by atoms with Gasteiger partial charge in [-0.25, -0.2) is 18.7 Å². The number of fused-ring (bicyclic) bond motifs is 1. The van der Waals surface area contributed by atoms with Crippen LogP contribution in [-0.2, 0) is 0 Å². The van der Waals surface area contributed by atoms with Crippen molar-refractivity contribution in [2.75, 3.05) is 54.4 Å². The van der Waals surface area contributed by atoms with Gasteiger partial charge in [0.05, 0.1) is 18.4 Å². The van der Waals surface area contributed by atoms with E-state index in [-0.39, 0.29) is 23.4 Å². The van der Waals surface area contributed by atoms with Gasteiger partial charge in [0.15, 0.2) is 17.4 Å². The Morgan fingerprint density at radius 1 is 1.09 bits per heavy atom. The Morgan fingerprint density at radius 3 is 2.70 bits per heavy atom. The van der Waals surface area contributed by atoms with E-state index in [4.69, 9.17) is 4.74 Å². The molecule has 0 radical (unpaired) electrons. The van der Waals surface area contributed by atoms with Crippen LogP contribution in [0.4, 0.5) is 32.2 Å². The molecule has 1 fully saturated rings. The third kappa shape index (κ3) is 4.28. The highest BCUT2D eigenvalue weighted by molar-refractivity contribution is 5.73. The highest BCUT2D eigenvalue weighted by atomic mass is 19.1. The molecular weight excluding hydrogens is 430 g/mol. The Labute approximate surface area is 190 Å². The quantitative estimate of drug-likeness (QED) is 0.540. The molecule has 0 saturated carbocycles. The summed E-state index contributed by atoms with van der Waals surface area (Å²) < 4.78 is 35.1. The van der Waals surface area contributed by atoms with E-state index in [2.05, 4.69) is 35.5 Å². The smallest absolute Gasteiger partial charge is 0.230 e. The summed E-state index contributed by atoms with van der Waals surface area (Å²) in [7, 11) is 0. The zero-order valence-corrected chi connectivity index (χ0v) is 18.5. The molecule has 11 heteroatoms. The summed E-state index contributed by atoms with van der Waals surface area (Å²) in [6, 6.07) is 3.09. The molecule has 2 aliphatic heterocycles. The number of imidazole rings is 1. The zero-order valence-electron chi connectivity index (χ0n) is 18.5. The van der Waals surface area contributed by atoms with Crippen LogP contribution in [0.1, 0.15) is 13.8 Å². The highest BCUT2D eigenvalue weighted by Gasteiger charge is 2.26. The van der Waals surface area contributed by atoms with Crippen molar-refractivity contribution in [3.8, 4) is 17.0 Å². The van der Waals surface area contributed by atoms with Crippen molar-refractivity contribution in [2.24, 2.45) is 0 Å². The summed E-state index contributed by atoms with van der Waals surface area (Å²) in [5.41, 5.74) is 0.897. The number of H-pyrrole nitrogens is 1. The predicted octanol–water partition coefficient (Wildman–Crippen LogP) is 2.91. The summed E-state index contributed by atoms with van der Waals surface area (Å²) in [6.45, 7) is 8.59. The number of piperazine rings is 1. The maximum absolute atomic E-state index is 14.9. The standard InChI is InChI=1S/C22H26F2N8O/c1-13(2)32-7-8-33-20-15(23)9-14(10-17(20)32)19-16(24)11-26-22(29-19)30-21-27-12-18(28-21)31-5-3-25-4-6-31/h9-13,25H,3-8H2,1-2H3,(H2,26,27,28,29,30). The molecule has 1 aromatic carbocycles. The maximum Gasteiger partial charge on any atom is 0.230 e. The number of ether oxygens (including phenoxy) is 1. The number of halogens is 2. The number of nitrogens with zero attached hydrogens (tertiary/aromatic N) is 5. The maximum atomic E-state index is 14.9. The van der Waals surface area contributed by atoms with Crippen LogP contribution in [0.25, 0.3) is 11.3 Å². The topological polar surface area (TPSA) is 94.2 Å². The third-order valence-corrected chi connectivity index (χ3v) is 5.79. The predicted molar refractivity (Wildman–Crippen MR) is 122 cm³/mol. The lowest BCUT2D eigenvalue weighted by Crippen LogP contribution is -2.43. The fourth-order valence-corrected chi connectivity index (χ4v) is 4.14. The molecule has 0 aliphatic carbocycles. The molecule has 0 atom stereocenters. The van der Waals surface area contributed by atoms with Gasteiger partial charge < -0.3 is 24.8 Å². The molecule has 1 saturated heterocycles. The van der Waals surface area contributed by atoms with Crippen LogP contribution in [0.5, 0.6) is 5.75 Å². The van der Waals surface area contributed by atoms with Crippen molar-refractivity contribution in [3.63, 3.8) is 0 Å². The van der Waals surface area contributed by atoms with Gasteiger partial charge in [0.2, 0.25) is 11.9 Å². The van der Waals surface area contributed by atoms with Crippen LogP contribution < -0.4 is 25.2 Å². The van der Waals surface area contributed by atoms with Gasteiger partial charge >= 0.3 is 0 Å². The monoisotopic (exact) mass is 456 g/mol. The lowest BCUT2D eigenvalue weighted by molar-refractivity contribution is 0.287. The third-order valence-electron chi connectivity index (χ3n) is 5.79. The average Bonchev–Trinajstić information content (AvgIpc) is 3.29. The number of hydrogen-bond acceptors (Lipinski definition) is 8. The first-order valence-electron chi connectivity index (χ1n) is 11.0. The molecule has 4 heterocycles. The number of aromatic nitrogens is 4. The Bertz CT molecular complexity index is 1150. The minimum Gasteiger partial charge on any atom is -0.486 e. The van der Waals surface area contributed by atoms with Crippen molar-refractivity contribution < 1.29 is 13.5 Å². The first-order chi connectivity index (χ1) is 16.0. The van der Waals surface area contributed by atoms with Crippen molar-refractivity contribution in [1.29, 1.82) is 0 Å². The van der Waals surface area contributed by atoms with Gasteiger partial charge in [-0.3, -0.25) is 5.32 Å². The van der Waals surface area contributed by atoms with Crippen molar-refractivity contribution >= 4 is 23.4 Å². The Morgan fingerprint density at radius 2 is 1.91 bits per heavy atom. The molecule has 0 bridgehead atoms. The van der Waals surface area contributed by atoms with Crippen molar-refractivity contribution in [1.82, 2.24) is 25.3 Å². The van der Waals surface area contributed by atoms with Crippen LogP contribution in [0.2, 0.25) is 0 Å². The van der Waals surface area contributed by atoms with Gasteiger partial charge in [-0.2, -0.15) is 4.98 Å². The fraction of sp³-hybridized carbons (Fsp3) is 0.409. The summed E-state index contributed by atoms with van der Waals surface area (Å²) in [5, 5.41) is 6.28. The van der Waals surface area contributed by atoms with E-state index < -0.39 is 11.6 Å². The number of hydrogen-bond donors (Lipinski definition) is 3. The molecule has 0 unspecified atom stereocenters. The molecule has 0 spiro atoms. The van der Waals surface area contributed by atoms with Crippen LogP contribution in [0.3, 0.4) is 0 Å². The molecule has 2 aliphatic rings. The lowest BCUT2D eigenvalue weighted by Gasteiger charge is -2.34. The Kier molecular flexibility index (Phi) is 5.71. The lowest BCUT2D eigenvalue weighted by atomic mass is 10.1. The van der Waals surface area contributed by atoms with Gasteiger partial charge in [0, 0.05) is 44.0 Å². The van der Waals surface area contributed by atoms with Crippen LogP contribution in [0.15, 0.2) is 24.5 Å². The summed E-state index contributed by atoms with van der Waals surface area (Å²) >= 11 is 0. The molecule has 9 nitrogen and oxygen atoms in total. The number of rotatable bonds is 5. The molecule has 174 valence electrons. The van der Waals surface area contributed by atoms with E-state index in [9.17, 15) is 8.78 Å². The number of aromatic amines is 1. The molecule has 33 heavy (non-hydrogen) atoms. The highest BCUT2D eigenvalue weighted by Crippen LogP contribution is 2.39. The van der Waals surface area contributed by atoms with E-state index in [0.717, 1.165) is 38.2 Å². The largest absolute Gasteiger partial charge is 0.486 e. The first kappa shape index (κ1) is 21.4. The van der Waals surface area contributed by atoms with Crippen LogP contribution >= 0.6 is 0 Å². The van der Waals surface area contributed by atoms with E-state index in [0.29, 0.717) is 30.4 Å². The van der Waals surface area contributed by atoms with Gasteiger partial charge in [0.1, 0.15) is 18.1 Å². The summed E-state index contributed by atoms with van der Waals surface area (Å²) in [6.07, 6.45) is 2.87. The van der Waals surface area contributed by atoms with Crippen LogP contribution in [-0.4, -0.2) is 65.3 Å². The Hall–Kier alpha value is -3.47. The molecule has 3 N–H and O–H groups in total. The summed E-state index contributed by atoms with van der Waals surface area (Å²) in [5.74, 6) is 0.398. The Balaban J connectivity index is 1.43. The second kappa shape index (κ2) is 8.81. The van der Waals surface area contributed by atoms with Gasteiger partial charge in [-0.1, -0.05) is 0 Å². The van der Waals surface area contributed by atoms with Gasteiger partial charge in [-0.05, 0) is 26.0 Å². The number of anilines is 4. The molecular formula is C22H26F2N8O. The zero-order chi connectivity index (χ0) is 22.9. The van der Waals surface area contributed by atoms with E-state index in [1.54, 1.807) is 12.3 Å². The summed E-state index contributed by atoms with van der Waals surface area (Å²) in [4.78, 5) is 20.1. The average molecular weight is 457 g/mol. The van der Waals surface area contributed by atoms with E-state index in [1.165, 1.54) is 6.07 Å². The molecule has 5 rings (SSSR count). The van der Waals surface area contributed by atoms with Crippen LogP contribution in [0, 0.1) is 11.6 Å². The second-order valence-corrected chi connectivity index (χ2v) is 8.30. The SMILES string of the molecule is CC(C)N1CCOc2c(F)cc(-c3nc(Nc4nc(N5CCNCC5)c[nH]4)ncc3F)cc21. The number of benzene rings is 1. The normalized spacial score (nSPS) is 16.0. The molecule has 3 aromatic rings. The van der Waals surface area contributed by atoms with E-state index >= 15 is 0 Å². The number of nitrogens with one attached hydrogen (secondary N) is 3. The fourth-order valence-electron chi connectivity index (χ4n) is 4.14. The van der Waals surface area contributed by atoms with Crippen molar-refractivity contribution in [3.05, 3.63) is 36.2 Å². The molecule has 0 amide bonds. The van der Waals surface area contributed by atoms with Gasteiger partial charge in [0.25, 0.3) is 0 Å². The first-order valence-corrected chi connectivity index (χ1v) is 11.0. The minimum atomic E-state index is -0.645. The van der Waals surface area contributed by atoms with Gasteiger partial charge in [-0.15, -0.1) is 0 Å².